The predicted octanol–water partition coefficient (Wildman–Crippen LogP) is 3.90. The molecular weight excluding hydrogens is 316 g/mol. The van der Waals surface area contributed by atoms with Crippen molar-refractivity contribution in [1.29, 1.82) is 0 Å². The minimum Gasteiger partial charge on any atom is -0.328 e. The molecule has 0 saturated heterocycles. The van der Waals surface area contributed by atoms with Crippen LogP contribution in [0.1, 0.15) is 24.6 Å². The number of aryl methyl sites for hydroxylation is 1. The van der Waals surface area contributed by atoms with Crippen LogP contribution in [0.25, 0.3) is 22.6 Å². The minimum atomic E-state index is 0.592. The van der Waals surface area contributed by atoms with E-state index >= 15 is 0 Å². The number of nitrogens with zero attached hydrogens (tertiary/aromatic N) is 4. The van der Waals surface area contributed by atoms with E-state index in [0.29, 0.717) is 11.9 Å². The Labute approximate surface area is 125 Å². The van der Waals surface area contributed by atoms with E-state index < -0.39 is 0 Å². The number of fused-ring (bicyclic) bond motifs is 1. The first kappa shape index (κ1) is 12.0. The molecular formula is C15H13BrN4. The van der Waals surface area contributed by atoms with Crippen LogP contribution in [-0.4, -0.2) is 19.5 Å². The molecule has 4 nitrogen and oxygen atoms in total. The average molecular weight is 329 g/mol. The highest BCUT2D eigenvalue weighted by molar-refractivity contribution is 9.10. The van der Waals surface area contributed by atoms with E-state index in [1.165, 1.54) is 12.8 Å². The van der Waals surface area contributed by atoms with E-state index in [2.05, 4.69) is 36.7 Å². The SMILES string of the molecule is Cc1nc(-c2ccccn2)nc2c1c(Br)cn2C1CC1. The normalized spacial score (nSPS) is 14.9. The fourth-order valence-electron chi connectivity index (χ4n) is 2.51. The molecule has 0 aromatic carbocycles. The van der Waals surface area contributed by atoms with Crippen LogP contribution in [0.4, 0.5) is 0 Å². The van der Waals surface area contributed by atoms with E-state index in [1.54, 1.807) is 6.20 Å². The van der Waals surface area contributed by atoms with Gasteiger partial charge in [0.15, 0.2) is 5.82 Å². The molecule has 0 amide bonds. The molecule has 3 aromatic rings. The zero-order chi connectivity index (χ0) is 13.7. The number of hydrogen-bond donors (Lipinski definition) is 0. The van der Waals surface area contributed by atoms with Gasteiger partial charge in [0, 0.05) is 22.9 Å². The maximum Gasteiger partial charge on any atom is 0.180 e. The zero-order valence-corrected chi connectivity index (χ0v) is 12.6. The van der Waals surface area contributed by atoms with Crippen LogP contribution in [-0.2, 0) is 0 Å². The van der Waals surface area contributed by atoms with Gasteiger partial charge in [0.2, 0.25) is 0 Å². The molecule has 3 aromatic heterocycles. The fraction of sp³-hybridized carbons (Fsp3) is 0.267. The van der Waals surface area contributed by atoms with Crippen LogP contribution in [0.15, 0.2) is 35.1 Å². The molecule has 0 spiro atoms. The first-order valence-electron chi connectivity index (χ1n) is 6.70. The lowest BCUT2D eigenvalue weighted by Crippen LogP contribution is -1.99. The van der Waals surface area contributed by atoms with Crippen molar-refractivity contribution in [3.05, 3.63) is 40.8 Å². The van der Waals surface area contributed by atoms with Gasteiger partial charge in [-0.2, -0.15) is 0 Å². The molecule has 0 radical (unpaired) electrons. The largest absolute Gasteiger partial charge is 0.328 e. The van der Waals surface area contributed by atoms with Crippen LogP contribution < -0.4 is 0 Å². The topological polar surface area (TPSA) is 43.6 Å². The van der Waals surface area contributed by atoms with Gasteiger partial charge >= 0.3 is 0 Å². The minimum absolute atomic E-state index is 0.592. The maximum absolute atomic E-state index is 4.75. The van der Waals surface area contributed by atoms with Gasteiger partial charge in [-0.3, -0.25) is 4.98 Å². The van der Waals surface area contributed by atoms with Crippen molar-refractivity contribution in [3.63, 3.8) is 0 Å². The van der Waals surface area contributed by atoms with E-state index in [0.717, 1.165) is 26.9 Å². The maximum atomic E-state index is 4.75. The van der Waals surface area contributed by atoms with Crippen molar-refractivity contribution in [2.45, 2.75) is 25.8 Å². The van der Waals surface area contributed by atoms with E-state index in [9.17, 15) is 0 Å². The van der Waals surface area contributed by atoms with Gasteiger partial charge < -0.3 is 4.57 Å². The first-order valence-corrected chi connectivity index (χ1v) is 7.49. The highest BCUT2D eigenvalue weighted by Crippen LogP contribution is 2.40. The average Bonchev–Trinajstić information content (AvgIpc) is 3.24. The Balaban J connectivity index is 1.99. The molecule has 5 heteroatoms. The van der Waals surface area contributed by atoms with E-state index in [1.807, 2.05) is 25.1 Å². The van der Waals surface area contributed by atoms with E-state index in [4.69, 9.17) is 4.98 Å². The molecule has 3 heterocycles. The zero-order valence-electron chi connectivity index (χ0n) is 11.0. The van der Waals surface area contributed by atoms with Crippen LogP contribution >= 0.6 is 15.9 Å². The van der Waals surface area contributed by atoms with Crippen LogP contribution in [0.3, 0.4) is 0 Å². The Morgan fingerprint density at radius 3 is 2.80 bits per heavy atom. The van der Waals surface area contributed by atoms with Gasteiger partial charge in [0.25, 0.3) is 0 Å². The van der Waals surface area contributed by atoms with Crippen molar-refractivity contribution in [2.75, 3.05) is 0 Å². The predicted molar refractivity (Wildman–Crippen MR) is 81.5 cm³/mol. The Morgan fingerprint density at radius 2 is 2.10 bits per heavy atom. The first-order chi connectivity index (χ1) is 9.74. The molecule has 0 N–H and O–H groups in total. The third kappa shape index (κ3) is 1.85. The monoisotopic (exact) mass is 328 g/mol. The van der Waals surface area contributed by atoms with Gasteiger partial charge in [0.05, 0.1) is 11.1 Å². The van der Waals surface area contributed by atoms with Gasteiger partial charge in [-0.1, -0.05) is 6.07 Å². The van der Waals surface area contributed by atoms with Crippen molar-refractivity contribution in [2.24, 2.45) is 0 Å². The second kappa shape index (κ2) is 4.38. The summed E-state index contributed by atoms with van der Waals surface area (Å²) in [4.78, 5) is 13.7. The summed E-state index contributed by atoms with van der Waals surface area (Å²) >= 11 is 3.63. The van der Waals surface area contributed by atoms with Gasteiger partial charge in [-0.15, -0.1) is 0 Å². The lowest BCUT2D eigenvalue weighted by atomic mass is 10.2. The molecule has 1 aliphatic rings. The Kier molecular flexibility index (Phi) is 2.63. The number of hydrogen-bond acceptors (Lipinski definition) is 3. The summed E-state index contributed by atoms with van der Waals surface area (Å²) in [5.74, 6) is 0.697. The third-order valence-corrected chi connectivity index (χ3v) is 4.24. The summed E-state index contributed by atoms with van der Waals surface area (Å²) in [5.41, 5.74) is 2.81. The summed E-state index contributed by atoms with van der Waals surface area (Å²) in [6, 6.07) is 6.40. The van der Waals surface area contributed by atoms with Crippen molar-refractivity contribution in [1.82, 2.24) is 19.5 Å². The van der Waals surface area contributed by atoms with Crippen LogP contribution in [0, 0.1) is 6.92 Å². The second-order valence-electron chi connectivity index (χ2n) is 5.16. The molecule has 100 valence electrons. The lowest BCUT2D eigenvalue weighted by molar-refractivity contribution is 0.764. The molecule has 1 fully saturated rings. The van der Waals surface area contributed by atoms with Crippen molar-refractivity contribution < 1.29 is 0 Å². The van der Waals surface area contributed by atoms with E-state index in [-0.39, 0.29) is 0 Å². The van der Waals surface area contributed by atoms with Gasteiger partial charge in [-0.25, -0.2) is 9.97 Å². The summed E-state index contributed by atoms with van der Waals surface area (Å²) in [6.07, 6.45) is 6.37. The molecule has 0 bridgehead atoms. The summed E-state index contributed by atoms with van der Waals surface area (Å²) in [7, 11) is 0. The van der Waals surface area contributed by atoms with Gasteiger partial charge in [-0.05, 0) is 47.8 Å². The highest BCUT2D eigenvalue weighted by atomic mass is 79.9. The third-order valence-electron chi connectivity index (χ3n) is 3.64. The highest BCUT2D eigenvalue weighted by Gasteiger charge is 2.27. The molecule has 4 rings (SSSR count). The number of halogens is 1. The molecule has 1 saturated carbocycles. The standard InChI is InChI=1S/C15H13BrN4/c1-9-13-11(16)8-20(10-5-6-10)15(13)19-14(18-9)12-4-2-3-7-17-12/h2-4,7-8,10H,5-6H2,1H3. The number of pyridine rings is 1. The molecule has 0 aliphatic heterocycles. The Bertz CT molecular complexity index is 790. The number of rotatable bonds is 2. The van der Waals surface area contributed by atoms with Crippen LogP contribution in [0.2, 0.25) is 0 Å². The lowest BCUT2D eigenvalue weighted by Gasteiger charge is -2.05. The van der Waals surface area contributed by atoms with Crippen molar-refractivity contribution in [3.8, 4) is 11.5 Å². The number of aromatic nitrogens is 4. The Hall–Kier alpha value is -1.75. The molecule has 1 aliphatic carbocycles. The quantitative estimate of drug-likeness (QED) is 0.716. The molecule has 20 heavy (non-hydrogen) atoms. The fourth-order valence-corrected chi connectivity index (χ4v) is 3.20. The second-order valence-corrected chi connectivity index (χ2v) is 6.02. The van der Waals surface area contributed by atoms with Crippen molar-refractivity contribution >= 4 is 27.0 Å². The van der Waals surface area contributed by atoms with Gasteiger partial charge in [0.1, 0.15) is 11.3 Å². The molecule has 0 unspecified atom stereocenters. The van der Waals surface area contributed by atoms with Crippen LogP contribution in [0.5, 0.6) is 0 Å². The molecule has 0 atom stereocenters. The summed E-state index contributed by atoms with van der Waals surface area (Å²) in [5, 5.41) is 1.11. The summed E-state index contributed by atoms with van der Waals surface area (Å²) in [6.45, 7) is 2.03. The summed E-state index contributed by atoms with van der Waals surface area (Å²) < 4.78 is 3.34. The smallest absolute Gasteiger partial charge is 0.180 e. The Morgan fingerprint density at radius 1 is 1.25 bits per heavy atom.